The van der Waals surface area contributed by atoms with Gasteiger partial charge in [0.1, 0.15) is 0 Å². The largest absolute Gasteiger partial charge is 0.352 e. The van der Waals surface area contributed by atoms with Crippen LogP contribution >= 0.6 is 11.6 Å². The lowest BCUT2D eigenvalue weighted by molar-refractivity contribution is -0.125. The van der Waals surface area contributed by atoms with Gasteiger partial charge in [-0.05, 0) is 49.6 Å². The summed E-state index contributed by atoms with van der Waals surface area (Å²) in [5, 5.41) is 12.4. The number of fused-ring (bicyclic) bond motifs is 1. The number of hydrogen-bond donors (Lipinski definition) is 1. The highest BCUT2D eigenvalue weighted by Crippen LogP contribution is 2.23. The molecule has 0 spiro atoms. The number of carbonyl (C=O) groups is 1. The molecule has 0 radical (unpaired) electrons. The summed E-state index contributed by atoms with van der Waals surface area (Å²) >= 11 is 6.01. The summed E-state index contributed by atoms with van der Waals surface area (Å²) in [4.78, 5) is 14.9. The highest BCUT2D eigenvalue weighted by atomic mass is 35.5. The first-order valence-electron chi connectivity index (χ1n) is 9.19. The van der Waals surface area contributed by atoms with Crippen molar-refractivity contribution in [1.29, 1.82) is 0 Å². The Hall–Kier alpha value is -2.60. The number of nitrogens with one attached hydrogen (secondary N) is 1. The van der Waals surface area contributed by atoms with Crippen molar-refractivity contribution in [2.75, 3.05) is 18.0 Å². The van der Waals surface area contributed by atoms with Crippen molar-refractivity contribution in [1.82, 2.24) is 19.9 Å². The Morgan fingerprint density at radius 2 is 2.11 bits per heavy atom. The van der Waals surface area contributed by atoms with Crippen molar-refractivity contribution >= 4 is 29.1 Å². The van der Waals surface area contributed by atoms with Crippen molar-refractivity contribution in [3.05, 3.63) is 58.7 Å². The van der Waals surface area contributed by atoms with Crippen LogP contribution in [0.4, 0.5) is 5.95 Å². The highest BCUT2D eigenvalue weighted by Gasteiger charge is 2.28. The maximum atomic E-state index is 12.7. The van der Waals surface area contributed by atoms with Crippen LogP contribution in [0.5, 0.6) is 0 Å². The predicted octanol–water partition coefficient (Wildman–Crippen LogP) is 3.22. The lowest BCUT2D eigenvalue weighted by Gasteiger charge is -2.32. The van der Waals surface area contributed by atoms with Crippen molar-refractivity contribution in [3.8, 4) is 0 Å². The average molecular weight is 384 g/mol. The molecule has 140 valence electrons. The molecule has 1 aliphatic rings. The monoisotopic (exact) mass is 383 g/mol. The van der Waals surface area contributed by atoms with Gasteiger partial charge in [-0.3, -0.25) is 9.20 Å². The third-order valence-corrected chi connectivity index (χ3v) is 5.27. The van der Waals surface area contributed by atoms with Crippen LogP contribution in [0.2, 0.25) is 5.02 Å². The van der Waals surface area contributed by atoms with Gasteiger partial charge in [0.15, 0.2) is 5.65 Å². The van der Waals surface area contributed by atoms with Crippen LogP contribution in [-0.4, -0.2) is 33.6 Å². The first-order valence-corrected chi connectivity index (χ1v) is 9.57. The summed E-state index contributed by atoms with van der Waals surface area (Å²) < 4.78 is 2.05. The fraction of sp³-hybridized carbons (Fsp3) is 0.350. The summed E-state index contributed by atoms with van der Waals surface area (Å²) in [5.74, 6) is 0.829. The van der Waals surface area contributed by atoms with E-state index in [1.165, 1.54) is 0 Å². The number of hydrogen-bond acceptors (Lipinski definition) is 4. The molecule has 0 bridgehead atoms. The van der Waals surface area contributed by atoms with Gasteiger partial charge in [0.05, 0.1) is 5.92 Å². The van der Waals surface area contributed by atoms with Crippen LogP contribution in [0.3, 0.4) is 0 Å². The predicted molar refractivity (Wildman–Crippen MR) is 106 cm³/mol. The second-order valence-electron chi connectivity index (χ2n) is 6.99. The van der Waals surface area contributed by atoms with Gasteiger partial charge < -0.3 is 10.2 Å². The fourth-order valence-electron chi connectivity index (χ4n) is 3.64. The Kier molecular flexibility index (Phi) is 4.99. The lowest BCUT2D eigenvalue weighted by atomic mass is 9.97. The fourth-order valence-corrected chi connectivity index (χ4v) is 3.85. The van der Waals surface area contributed by atoms with E-state index in [4.69, 9.17) is 11.6 Å². The quantitative estimate of drug-likeness (QED) is 0.751. The SMILES string of the molecule is Cc1cccc2nnc(N3CCCC(C(=O)NCc4cccc(Cl)c4)C3)n12. The molecule has 1 amide bonds. The Labute approximate surface area is 163 Å². The van der Waals surface area contributed by atoms with Gasteiger partial charge in [-0.2, -0.15) is 0 Å². The molecular weight excluding hydrogens is 362 g/mol. The van der Waals surface area contributed by atoms with Crippen LogP contribution in [0.1, 0.15) is 24.1 Å². The number of carbonyl (C=O) groups excluding carboxylic acids is 1. The van der Waals surface area contributed by atoms with Gasteiger partial charge in [-0.15, -0.1) is 10.2 Å². The van der Waals surface area contributed by atoms with Gasteiger partial charge in [-0.25, -0.2) is 0 Å². The minimum atomic E-state index is -0.0608. The number of anilines is 1. The van der Waals surface area contributed by atoms with Crippen LogP contribution < -0.4 is 10.2 Å². The van der Waals surface area contributed by atoms with Crippen molar-refractivity contribution < 1.29 is 4.79 Å². The number of piperidine rings is 1. The van der Waals surface area contributed by atoms with Crippen LogP contribution in [0, 0.1) is 12.8 Å². The van der Waals surface area contributed by atoms with Crippen LogP contribution in [0.15, 0.2) is 42.5 Å². The molecule has 1 unspecified atom stereocenters. The molecule has 2 aromatic heterocycles. The molecule has 1 fully saturated rings. The third-order valence-electron chi connectivity index (χ3n) is 5.04. The van der Waals surface area contributed by atoms with Gasteiger partial charge in [0.25, 0.3) is 0 Å². The van der Waals surface area contributed by atoms with Crippen LogP contribution in [-0.2, 0) is 11.3 Å². The molecule has 0 saturated carbocycles. The first-order chi connectivity index (χ1) is 13.1. The maximum absolute atomic E-state index is 12.7. The van der Waals surface area contributed by atoms with E-state index in [1.807, 2.05) is 53.8 Å². The molecule has 1 N–H and O–H groups in total. The molecule has 4 rings (SSSR count). The standard InChI is InChI=1S/C20H22ClN5O/c1-14-5-2-9-18-23-24-20(26(14)18)25-10-4-7-16(13-25)19(27)22-12-15-6-3-8-17(21)11-15/h2-3,5-6,8-9,11,16H,4,7,10,12-13H2,1H3,(H,22,27). The molecular formula is C20H22ClN5O. The normalized spacial score (nSPS) is 17.3. The number of amides is 1. The number of benzene rings is 1. The van der Waals surface area contributed by atoms with Gasteiger partial charge in [0.2, 0.25) is 11.9 Å². The van der Waals surface area contributed by atoms with E-state index in [9.17, 15) is 4.79 Å². The zero-order valence-electron chi connectivity index (χ0n) is 15.2. The first kappa shape index (κ1) is 17.8. The lowest BCUT2D eigenvalue weighted by Crippen LogP contribution is -2.43. The highest BCUT2D eigenvalue weighted by molar-refractivity contribution is 6.30. The van der Waals surface area contributed by atoms with Gasteiger partial charge in [-0.1, -0.05) is 29.8 Å². The van der Waals surface area contributed by atoms with Crippen molar-refractivity contribution in [2.24, 2.45) is 5.92 Å². The number of nitrogens with zero attached hydrogens (tertiary/aromatic N) is 4. The second kappa shape index (κ2) is 7.56. The Morgan fingerprint density at radius 1 is 1.26 bits per heavy atom. The van der Waals surface area contributed by atoms with E-state index in [1.54, 1.807) is 0 Å². The van der Waals surface area contributed by atoms with Gasteiger partial charge >= 0.3 is 0 Å². The topological polar surface area (TPSA) is 62.5 Å². The van der Waals surface area contributed by atoms with Crippen molar-refractivity contribution in [2.45, 2.75) is 26.3 Å². The third kappa shape index (κ3) is 3.76. The number of aryl methyl sites for hydroxylation is 1. The van der Waals surface area contributed by atoms with E-state index in [0.29, 0.717) is 18.1 Å². The molecule has 3 aromatic rings. The molecule has 1 aromatic carbocycles. The van der Waals surface area contributed by atoms with E-state index >= 15 is 0 Å². The summed E-state index contributed by atoms with van der Waals surface area (Å²) in [7, 11) is 0. The van der Waals surface area contributed by atoms with Crippen molar-refractivity contribution in [3.63, 3.8) is 0 Å². The second-order valence-corrected chi connectivity index (χ2v) is 7.43. The molecule has 0 aliphatic carbocycles. The number of halogens is 1. The maximum Gasteiger partial charge on any atom is 0.231 e. The molecule has 7 heteroatoms. The zero-order chi connectivity index (χ0) is 18.8. The molecule has 27 heavy (non-hydrogen) atoms. The van der Waals surface area contributed by atoms with Gasteiger partial charge in [0, 0.05) is 30.4 Å². The number of pyridine rings is 1. The van der Waals surface area contributed by atoms with E-state index in [2.05, 4.69) is 20.4 Å². The Bertz CT molecular complexity index is 970. The summed E-state index contributed by atoms with van der Waals surface area (Å²) in [6, 6.07) is 13.5. The smallest absolute Gasteiger partial charge is 0.231 e. The minimum absolute atomic E-state index is 0.0608. The zero-order valence-corrected chi connectivity index (χ0v) is 16.0. The van der Waals surface area contributed by atoms with E-state index < -0.39 is 0 Å². The number of aromatic nitrogens is 3. The average Bonchev–Trinajstić information content (AvgIpc) is 3.12. The molecule has 6 nitrogen and oxygen atoms in total. The van der Waals surface area contributed by atoms with E-state index in [-0.39, 0.29) is 11.8 Å². The molecule has 3 heterocycles. The summed E-state index contributed by atoms with van der Waals surface area (Å²) in [6.07, 6.45) is 1.84. The molecule has 1 atom stereocenters. The molecule has 1 aliphatic heterocycles. The summed E-state index contributed by atoms with van der Waals surface area (Å²) in [6.45, 7) is 4.06. The van der Waals surface area contributed by atoms with Crippen LogP contribution in [0.25, 0.3) is 5.65 Å². The summed E-state index contributed by atoms with van der Waals surface area (Å²) in [5.41, 5.74) is 2.92. The number of rotatable bonds is 4. The van der Waals surface area contributed by atoms with E-state index in [0.717, 1.165) is 42.2 Å². The Morgan fingerprint density at radius 3 is 2.96 bits per heavy atom. The molecule has 1 saturated heterocycles. The minimum Gasteiger partial charge on any atom is -0.352 e. The Balaban J connectivity index is 1.45.